The molecule has 1 unspecified atom stereocenters. The van der Waals surface area contributed by atoms with E-state index in [1.165, 1.54) is 11.3 Å². The van der Waals surface area contributed by atoms with Crippen molar-refractivity contribution in [2.75, 3.05) is 5.32 Å². The third-order valence-electron chi connectivity index (χ3n) is 1.69. The second-order valence-electron chi connectivity index (χ2n) is 2.46. The van der Waals surface area contributed by atoms with Gasteiger partial charge in [-0.2, -0.15) is 0 Å². The van der Waals surface area contributed by atoms with E-state index in [1.54, 1.807) is 0 Å². The standard InChI is InChI=1S/C8H9NS2/c10-8-9-7-4-2-1-3-6(7)5-11-8/h1-4,8-10H,5H2. The van der Waals surface area contributed by atoms with Gasteiger partial charge in [-0.3, -0.25) is 0 Å². The average molecular weight is 183 g/mol. The van der Waals surface area contributed by atoms with Crippen LogP contribution in [0.15, 0.2) is 24.3 Å². The van der Waals surface area contributed by atoms with Crippen LogP contribution in [0.25, 0.3) is 0 Å². The summed E-state index contributed by atoms with van der Waals surface area (Å²) in [4.78, 5) is 0. The number of hydrogen-bond donors (Lipinski definition) is 2. The monoisotopic (exact) mass is 183 g/mol. The summed E-state index contributed by atoms with van der Waals surface area (Å²) in [6.07, 6.45) is 0. The Hall–Kier alpha value is -0.280. The number of anilines is 1. The molecular weight excluding hydrogens is 174 g/mol. The number of nitrogens with one attached hydrogen (secondary N) is 1. The SMILES string of the molecule is SC1Nc2ccccc2CS1. The quantitative estimate of drug-likeness (QED) is 0.600. The van der Waals surface area contributed by atoms with Crippen molar-refractivity contribution < 1.29 is 0 Å². The van der Waals surface area contributed by atoms with Crippen LogP contribution in [-0.2, 0) is 5.75 Å². The number of benzene rings is 1. The number of para-hydroxylation sites is 1. The van der Waals surface area contributed by atoms with Crippen LogP contribution in [-0.4, -0.2) is 4.71 Å². The van der Waals surface area contributed by atoms with Gasteiger partial charge in [0.2, 0.25) is 0 Å². The zero-order chi connectivity index (χ0) is 7.68. The first kappa shape index (κ1) is 7.37. The first-order valence-electron chi connectivity index (χ1n) is 3.50. The fraction of sp³-hybridized carbons (Fsp3) is 0.250. The molecule has 0 bridgehead atoms. The second kappa shape index (κ2) is 2.99. The van der Waals surface area contributed by atoms with Gasteiger partial charge in [-0.25, -0.2) is 0 Å². The number of hydrogen-bond acceptors (Lipinski definition) is 3. The minimum atomic E-state index is 0.255. The van der Waals surface area contributed by atoms with Crippen LogP contribution < -0.4 is 5.32 Å². The topological polar surface area (TPSA) is 12.0 Å². The maximum atomic E-state index is 4.34. The normalized spacial score (nSPS) is 22.1. The van der Waals surface area contributed by atoms with Crippen LogP contribution in [0.1, 0.15) is 5.56 Å². The van der Waals surface area contributed by atoms with Gasteiger partial charge in [0.05, 0.1) is 0 Å². The first-order valence-corrected chi connectivity index (χ1v) is 5.07. The van der Waals surface area contributed by atoms with Crippen LogP contribution in [0.5, 0.6) is 0 Å². The Kier molecular flexibility index (Phi) is 2.00. The highest BCUT2D eigenvalue weighted by Gasteiger charge is 2.12. The summed E-state index contributed by atoms with van der Waals surface area (Å²) in [7, 11) is 0. The second-order valence-corrected chi connectivity index (χ2v) is 4.42. The molecule has 0 saturated carbocycles. The summed E-state index contributed by atoms with van der Waals surface area (Å²) in [6, 6.07) is 8.36. The van der Waals surface area contributed by atoms with Crippen molar-refractivity contribution in [3.63, 3.8) is 0 Å². The van der Waals surface area contributed by atoms with E-state index < -0.39 is 0 Å². The Labute approximate surface area is 76.0 Å². The first-order chi connectivity index (χ1) is 5.36. The van der Waals surface area contributed by atoms with Crippen molar-refractivity contribution in [2.24, 2.45) is 0 Å². The zero-order valence-electron chi connectivity index (χ0n) is 5.95. The van der Waals surface area contributed by atoms with E-state index in [1.807, 2.05) is 17.8 Å². The van der Waals surface area contributed by atoms with Crippen molar-refractivity contribution in [1.82, 2.24) is 0 Å². The molecule has 11 heavy (non-hydrogen) atoms. The molecule has 1 aliphatic heterocycles. The van der Waals surface area contributed by atoms with Gasteiger partial charge in [-0.15, -0.1) is 24.4 Å². The van der Waals surface area contributed by atoms with Crippen LogP contribution in [0, 0.1) is 0 Å². The highest BCUT2D eigenvalue weighted by molar-refractivity contribution is 8.10. The Morgan fingerprint density at radius 1 is 1.45 bits per heavy atom. The average Bonchev–Trinajstić information content (AvgIpc) is 2.04. The van der Waals surface area contributed by atoms with Crippen LogP contribution in [0.2, 0.25) is 0 Å². The van der Waals surface area contributed by atoms with Crippen molar-refractivity contribution in [1.29, 1.82) is 0 Å². The molecule has 1 aliphatic rings. The molecule has 0 radical (unpaired) electrons. The molecular formula is C8H9NS2. The lowest BCUT2D eigenvalue weighted by Crippen LogP contribution is -2.14. The summed E-state index contributed by atoms with van der Waals surface area (Å²) >= 11 is 6.15. The van der Waals surface area contributed by atoms with Gasteiger partial charge in [0.25, 0.3) is 0 Å². The minimum Gasteiger partial charge on any atom is -0.365 e. The molecule has 3 heteroatoms. The maximum Gasteiger partial charge on any atom is 0.117 e. The number of thiol groups is 1. The van der Waals surface area contributed by atoms with E-state index in [9.17, 15) is 0 Å². The third-order valence-corrected chi connectivity index (χ3v) is 3.18. The van der Waals surface area contributed by atoms with Gasteiger partial charge in [0.1, 0.15) is 4.71 Å². The summed E-state index contributed by atoms with van der Waals surface area (Å²) < 4.78 is 0.255. The molecule has 0 aliphatic carbocycles. The van der Waals surface area contributed by atoms with Crippen LogP contribution in [0.3, 0.4) is 0 Å². The van der Waals surface area contributed by atoms with Gasteiger partial charge in [0, 0.05) is 11.4 Å². The number of rotatable bonds is 0. The molecule has 1 heterocycles. The molecule has 1 atom stereocenters. The van der Waals surface area contributed by atoms with E-state index in [0.717, 1.165) is 5.75 Å². The van der Waals surface area contributed by atoms with E-state index in [2.05, 4.69) is 36.1 Å². The Morgan fingerprint density at radius 3 is 3.18 bits per heavy atom. The van der Waals surface area contributed by atoms with Crippen molar-refractivity contribution in [3.05, 3.63) is 29.8 Å². The maximum absolute atomic E-state index is 4.34. The molecule has 2 rings (SSSR count). The van der Waals surface area contributed by atoms with Gasteiger partial charge in [-0.1, -0.05) is 18.2 Å². The Bertz CT molecular complexity index is 262. The molecule has 0 amide bonds. The highest BCUT2D eigenvalue weighted by atomic mass is 32.2. The Balaban J connectivity index is 2.34. The molecule has 0 aromatic heterocycles. The van der Waals surface area contributed by atoms with Crippen LogP contribution >= 0.6 is 24.4 Å². The van der Waals surface area contributed by atoms with E-state index in [0.29, 0.717) is 0 Å². The molecule has 1 N–H and O–H groups in total. The zero-order valence-corrected chi connectivity index (χ0v) is 7.66. The van der Waals surface area contributed by atoms with Gasteiger partial charge >= 0.3 is 0 Å². The van der Waals surface area contributed by atoms with Gasteiger partial charge < -0.3 is 5.32 Å². The molecule has 58 valence electrons. The molecule has 1 nitrogen and oxygen atoms in total. The highest BCUT2D eigenvalue weighted by Crippen LogP contribution is 2.31. The largest absolute Gasteiger partial charge is 0.365 e. The smallest absolute Gasteiger partial charge is 0.117 e. The Morgan fingerprint density at radius 2 is 2.27 bits per heavy atom. The van der Waals surface area contributed by atoms with Gasteiger partial charge in [-0.05, 0) is 11.6 Å². The minimum absolute atomic E-state index is 0.255. The predicted octanol–water partition coefficient (Wildman–Crippen LogP) is 2.56. The van der Waals surface area contributed by atoms with Crippen LogP contribution in [0.4, 0.5) is 5.69 Å². The lowest BCUT2D eigenvalue weighted by molar-refractivity contribution is 1.27. The van der Waals surface area contributed by atoms with E-state index in [-0.39, 0.29) is 4.71 Å². The third kappa shape index (κ3) is 1.49. The summed E-state index contributed by atoms with van der Waals surface area (Å²) in [5.74, 6) is 1.07. The van der Waals surface area contributed by atoms with Crippen molar-refractivity contribution in [3.8, 4) is 0 Å². The molecule has 0 spiro atoms. The summed E-state index contributed by atoms with van der Waals surface area (Å²) in [5.41, 5.74) is 2.61. The molecule has 1 aromatic rings. The molecule has 0 saturated heterocycles. The summed E-state index contributed by atoms with van der Waals surface area (Å²) in [6.45, 7) is 0. The van der Waals surface area contributed by atoms with Gasteiger partial charge in [0.15, 0.2) is 0 Å². The predicted molar refractivity (Wildman–Crippen MR) is 54.1 cm³/mol. The fourth-order valence-corrected chi connectivity index (χ4v) is 2.29. The number of thioether (sulfide) groups is 1. The number of fused-ring (bicyclic) bond motifs is 1. The van der Waals surface area contributed by atoms with E-state index >= 15 is 0 Å². The lowest BCUT2D eigenvalue weighted by atomic mass is 10.2. The van der Waals surface area contributed by atoms with E-state index in [4.69, 9.17) is 0 Å². The molecule has 0 fully saturated rings. The fourth-order valence-electron chi connectivity index (χ4n) is 1.13. The lowest BCUT2D eigenvalue weighted by Gasteiger charge is -2.22. The van der Waals surface area contributed by atoms with Crippen molar-refractivity contribution >= 4 is 30.1 Å². The van der Waals surface area contributed by atoms with Crippen molar-refractivity contribution in [2.45, 2.75) is 10.5 Å². The summed E-state index contributed by atoms with van der Waals surface area (Å²) in [5, 5.41) is 3.29. The molecule has 1 aromatic carbocycles.